The van der Waals surface area contributed by atoms with Gasteiger partial charge in [0.1, 0.15) is 11.6 Å². The van der Waals surface area contributed by atoms with Crippen LogP contribution in [-0.4, -0.2) is 26.0 Å². The molecule has 0 aliphatic rings. The van der Waals surface area contributed by atoms with E-state index in [4.69, 9.17) is 0 Å². The molecule has 2 N–H and O–H groups in total. The summed E-state index contributed by atoms with van der Waals surface area (Å²) in [5.41, 5.74) is 5.60. The molecule has 30 heavy (non-hydrogen) atoms. The van der Waals surface area contributed by atoms with Crippen LogP contribution in [0.5, 0.6) is 5.75 Å². The number of pyridine rings is 2. The zero-order valence-electron chi connectivity index (χ0n) is 17.1. The zero-order valence-corrected chi connectivity index (χ0v) is 17.1. The molecule has 0 spiro atoms. The van der Waals surface area contributed by atoms with Crippen LogP contribution in [0.2, 0.25) is 0 Å². The third-order valence-corrected chi connectivity index (χ3v) is 5.46. The van der Waals surface area contributed by atoms with Crippen molar-refractivity contribution in [2.24, 2.45) is 0 Å². The molecule has 154 valence electrons. The molecule has 3 heterocycles. The van der Waals surface area contributed by atoms with Gasteiger partial charge >= 0.3 is 0 Å². The monoisotopic (exact) mass is 404 g/mol. The van der Waals surface area contributed by atoms with Crippen molar-refractivity contribution in [3.8, 4) is 16.9 Å². The average Bonchev–Trinajstić information content (AvgIpc) is 3.19. The fourth-order valence-electron chi connectivity index (χ4n) is 3.54. The van der Waals surface area contributed by atoms with Crippen molar-refractivity contribution in [3.63, 3.8) is 0 Å². The lowest BCUT2D eigenvalue weighted by molar-refractivity contribution is 0.475. The largest absolute Gasteiger partial charge is 0.508 e. The second-order valence-electron chi connectivity index (χ2n) is 7.56. The Morgan fingerprint density at radius 3 is 2.63 bits per heavy atom. The van der Waals surface area contributed by atoms with Crippen LogP contribution in [0.3, 0.4) is 0 Å². The maximum atomic E-state index is 13.8. The van der Waals surface area contributed by atoms with Gasteiger partial charge < -0.3 is 14.8 Å². The van der Waals surface area contributed by atoms with Crippen LogP contribution in [0, 0.1) is 5.82 Å². The SMILES string of the molecule is CCC(C)c1cnc2c(NCCc3ccc(O)cc3)cc(-c3cncc(F)c3)cn12. The third kappa shape index (κ3) is 4.13. The number of anilines is 1. The predicted molar refractivity (Wildman–Crippen MR) is 117 cm³/mol. The number of aromatic nitrogens is 3. The molecule has 0 radical (unpaired) electrons. The molecular formula is C24H25FN4O. The van der Waals surface area contributed by atoms with E-state index < -0.39 is 0 Å². The number of hydrogen-bond donors (Lipinski definition) is 2. The minimum absolute atomic E-state index is 0.264. The lowest BCUT2D eigenvalue weighted by Gasteiger charge is -2.14. The zero-order chi connectivity index (χ0) is 21.1. The molecule has 1 atom stereocenters. The molecule has 4 rings (SSSR count). The van der Waals surface area contributed by atoms with Crippen molar-refractivity contribution < 1.29 is 9.50 Å². The summed E-state index contributed by atoms with van der Waals surface area (Å²) in [7, 11) is 0. The molecular weight excluding hydrogens is 379 g/mol. The van der Waals surface area contributed by atoms with Gasteiger partial charge in [0.15, 0.2) is 5.65 Å². The van der Waals surface area contributed by atoms with E-state index in [0.717, 1.165) is 46.6 Å². The van der Waals surface area contributed by atoms with Gasteiger partial charge in [-0.05, 0) is 48.6 Å². The van der Waals surface area contributed by atoms with Crippen LogP contribution in [0.4, 0.5) is 10.1 Å². The number of benzene rings is 1. The second kappa shape index (κ2) is 8.53. The fourth-order valence-corrected chi connectivity index (χ4v) is 3.54. The summed E-state index contributed by atoms with van der Waals surface area (Å²) in [5, 5.41) is 12.9. The Morgan fingerprint density at radius 1 is 1.10 bits per heavy atom. The first-order chi connectivity index (χ1) is 14.5. The van der Waals surface area contributed by atoms with Crippen molar-refractivity contribution in [3.05, 3.63) is 78.3 Å². The summed E-state index contributed by atoms with van der Waals surface area (Å²) in [4.78, 5) is 8.65. The van der Waals surface area contributed by atoms with E-state index in [1.807, 2.05) is 30.6 Å². The summed E-state index contributed by atoms with van der Waals surface area (Å²) in [5.74, 6) is 0.257. The Labute approximate surface area is 175 Å². The Hall–Kier alpha value is -3.41. The van der Waals surface area contributed by atoms with Crippen LogP contribution < -0.4 is 5.32 Å². The van der Waals surface area contributed by atoms with Crippen molar-refractivity contribution in [2.75, 3.05) is 11.9 Å². The van der Waals surface area contributed by atoms with Gasteiger partial charge in [0.25, 0.3) is 0 Å². The molecule has 0 saturated carbocycles. The highest BCUT2D eigenvalue weighted by Crippen LogP contribution is 2.29. The van der Waals surface area contributed by atoms with Gasteiger partial charge in [-0.25, -0.2) is 9.37 Å². The van der Waals surface area contributed by atoms with Crippen LogP contribution in [-0.2, 0) is 6.42 Å². The number of phenolic OH excluding ortho intramolecular Hbond substituents is 1. The minimum Gasteiger partial charge on any atom is -0.508 e. The van der Waals surface area contributed by atoms with E-state index in [9.17, 15) is 9.50 Å². The van der Waals surface area contributed by atoms with E-state index in [-0.39, 0.29) is 11.6 Å². The standard InChI is InChI=1S/C24H25FN4O/c1-3-16(2)23-14-28-24-22(27-9-8-17-4-6-21(30)7-5-17)11-19(15-29(23)24)18-10-20(25)13-26-12-18/h4-7,10-16,27,30H,3,8-9H2,1-2H3. The number of nitrogens with one attached hydrogen (secondary N) is 1. The van der Waals surface area contributed by atoms with Gasteiger partial charge in [-0.2, -0.15) is 0 Å². The van der Waals surface area contributed by atoms with E-state index in [1.165, 1.54) is 12.3 Å². The Balaban J connectivity index is 1.69. The van der Waals surface area contributed by atoms with Crippen LogP contribution in [0.15, 0.2) is 61.2 Å². The number of hydrogen-bond acceptors (Lipinski definition) is 4. The van der Waals surface area contributed by atoms with E-state index in [0.29, 0.717) is 12.5 Å². The third-order valence-electron chi connectivity index (χ3n) is 5.46. The number of rotatable bonds is 7. The average molecular weight is 404 g/mol. The number of aromatic hydroxyl groups is 1. The van der Waals surface area contributed by atoms with E-state index in [2.05, 4.69) is 33.5 Å². The number of phenols is 1. The number of halogens is 1. The molecule has 1 aromatic carbocycles. The highest BCUT2D eigenvalue weighted by molar-refractivity contribution is 5.76. The highest BCUT2D eigenvalue weighted by Gasteiger charge is 2.15. The molecule has 1 unspecified atom stereocenters. The first-order valence-corrected chi connectivity index (χ1v) is 10.2. The van der Waals surface area contributed by atoms with E-state index >= 15 is 0 Å². The Kier molecular flexibility index (Phi) is 5.65. The topological polar surface area (TPSA) is 62.5 Å². The van der Waals surface area contributed by atoms with Gasteiger partial charge in [0.2, 0.25) is 0 Å². The van der Waals surface area contributed by atoms with Crippen LogP contribution in [0.25, 0.3) is 16.8 Å². The van der Waals surface area contributed by atoms with Gasteiger partial charge in [-0.15, -0.1) is 0 Å². The molecule has 0 aliphatic carbocycles. The predicted octanol–water partition coefficient (Wildman–Crippen LogP) is 5.41. The molecule has 6 heteroatoms. The fraction of sp³-hybridized carbons (Fsp3) is 0.250. The normalized spacial score (nSPS) is 12.2. The van der Waals surface area contributed by atoms with Crippen LogP contribution in [0.1, 0.15) is 37.4 Å². The number of fused-ring (bicyclic) bond motifs is 1. The van der Waals surface area contributed by atoms with Gasteiger partial charge in [-0.3, -0.25) is 4.98 Å². The summed E-state index contributed by atoms with van der Waals surface area (Å²) in [6.45, 7) is 5.04. The molecule has 3 aromatic heterocycles. The molecule has 0 saturated heterocycles. The summed E-state index contributed by atoms with van der Waals surface area (Å²) in [6, 6.07) is 10.7. The molecule has 0 amide bonds. The molecule has 4 aromatic rings. The van der Waals surface area contributed by atoms with Crippen molar-refractivity contribution in [2.45, 2.75) is 32.6 Å². The second-order valence-corrected chi connectivity index (χ2v) is 7.56. The Bertz CT molecular complexity index is 1150. The van der Waals surface area contributed by atoms with Crippen molar-refractivity contribution >= 4 is 11.3 Å². The number of nitrogens with zero attached hydrogens (tertiary/aromatic N) is 3. The smallest absolute Gasteiger partial charge is 0.160 e. The minimum atomic E-state index is -0.359. The maximum Gasteiger partial charge on any atom is 0.160 e. The van der Waals surface area contributed by atoms with Gasteiger partial charge in [0, 0.05) is 42.0 Å². The molecule has 0 fully saturated rings. The molecule has 0 aliphatic heterocycles. The van der Waals surface area contributed by atoms with E-state index in [1.54, 1.807) is 18.3 Å². The van der Waals surface area contributed by atoms with Crippen LogP contribution >= 0.6 is 0 Å². The first kappa shape index (κ1) is 19.9. The van der Waals surface area contributed by atoms with Gasteiger partial charge in [0.05, 0.1) is 11.9 Å². The van der Waals surface area contributed by atoms with Crippen molar-refractivity contribution in [1.82, 2.24) is 14.4 Å². The first-order valence-electron chi connectivity index (χ1n) is 10.2. The summed E-state index contributed by atoms with van der Waals surface area (Å²) >= 11 is 0. The summed E-state index contributed by atoms with van der Waals surface area (Å²) < 4.78 is 15.9. The summed E-state index contributed by atoms with van der Waals surface area (Å²) in [6.07, 6.45) is 8.61. The Morgan fingerprint density at radius 2 is 1.90 bits per heavy atom. The lowest BCUT2D eigenvalue weighted by atomic mass is 10.1. The van der Waals surface area contributed by atoms with Crippen molar-refractivity contribution in [1.29, 1.82) is 0 Å². The highest BCUT2D eigenvalue weighted by atomic mass is 19.1. The van der Waals surface area contributed by atoms with Gasteiger partial charge in [-0.1, -0.05) is 26.0 Å². The lowest BCUT2D eigenvalue weighted by Crippen LogP contribution is -2.07. The number of imidazole rings is 1. The molecule has 5 nitrogen and oxygen atoms in total. The molecule has 0 bridgehead atoms. The quantitative estimate of drug-likeness (QED) is 0.432. The maximum absolute atomic E-state index is 13.8.